The van der Waals surface area contributed by atoms with Crippen molar-refractivity contribution in [2.45, 2.75) is 19.1 Å². The number of anilines is 2. The van der Waals surface area contributed by atoms with Crippen molar-refractivity contribution in [1.29, 1.82) is 0 Å². The number of aromatic hydroxyl groups is 1. The first-order valence-electron chi connectivity index (χ1n) is 10.7. The summed E-state index contributed by atoms with van der Waals surface area (Å²) < 4.78 is 5.65. The average Bonchev–Trinajstić information content (AvgIpc) is 3.33. The number of ether oxygens (including phenoxy) is 1. The second-order valence-corrected chi connectivity index (χ2v) is 8.74. The molecule has 0 bridgehead atoms. The summed E-state index contributed by atoms with van der Waals surface area (Å²) in [6.07, 6.45) is -1.11. The van der Waals surface area contributed by atoms with Gasteiger partial charge in [0.15, 0.2) is 6.10 Å². The summed E-state index contributed by atoms with van der Waals surface area (Å²) in [5, 5.41) is 12.6. The molecule has 0 unspecified atom stereocenters. The van der Waals surface area contributed by atoms with E-state index in [1.54, 1.807) is 36.4 Å². The lowest BCUT2D eigenvalue weighted by molar-refractivity contribution is -0.126. The summed E-state index contributed by atoms with van der Waals surface area (Å²) in [5.41, 5.74) is 1.24. The van der Waals surface area contributed by atoms with Gasteiger partial charge in [0.1, 0.15) is 17.4 Å². The van der Waals surface area contributed by atoms with Crippen LogP contribution in [-0.4, -0.2) is 29.6 Å². The first kappa shape index (κ1) is 22.5. The first-order valence-corrected chi connectivity index (χ1v) is 11.5. The number of rotatable bonds is 5. The molecule has 9 heteroatoms. The number of amides is 2. The number of halogens is 2. The Bertz CT molecular complexity index is 1270. The molecule has 7 nitrogen and oxygen atoms in total. The van der Waals surface area contributed by atoms with E-state index in [9.17, 15) is 14.7 Å². The van der Waals surface area contributed by atoms with Crippen LogP contribution in [0.2, 0.25) is 10.0 Å². The molecule has 0 saturated carbocycles. The Morgan fingerprint density at radius 2 is 1.71 bits per heavy atom. The second kappa shape index (κ2) is 8.83. The van der Waals surface area contributed by atoms with E-state index in [4.69, 9.17) is 32.8 Å². The highest BCUT2D eigenvalue weighted by atomic mass is 35.5. The van der Waals surface area contributed by atoms with Crippen molar-refractivity contribution in [1.82, 2.24) is 0 Å². The van der Waals surface area contributed by atoms with Gasteiger partial charge >= 0.3 is 0 Å². The molecular formula is C25H20Cl2N2O5. The minimum absolute atomic E-state index is 0.0364. The average molecular weight is 499 g/mol. The van der Waals surface area contributed by atoms with Gasteiger partial charge in [-0.2, -0.15) is 0 Å². The summed E-state index contributed by atoms with van der Waals surface area (Å²) in [6, 6.07) is 18.0. The summed E-state index contributed by atoms with van der Waals surface area (Å²) in [5.74, 6) is -1.76. The number of hydrogen-bond acceptors (Lipinski definition) is 6. The highest BCUT2D eigenvalue weighted by molar-refractivity contribution is 6.35. The number of phenols is 1. The van der Waals surface area contributed by atoms with Crippen molar-refractivity contribution < 1.29 is 24.3 Å². The largest absolute Gasteiger partial charge is 0.506 e. The smallest absolute Gasteiger partial charge is 0.266 e. The zero-order chi connectivity index (χ0) is 24.0. The number of phenolic OH excluding ortho intramolecular Hbond substituents is 1. The number of para-hydroxylation sites is 3. The van der Waals surface area contributed by atoms with Gasteiger partial charge < -0.3 is 9.84 Å². The minimum Gasteiger partial charge on any atom is -0.506 e. The maximum Gasteiger partial charge on any atom is 0.266 e. The molecule has 0 radical (unpaired) electrons. The Morgan fingerprint density at radius 1 is 1.00 bits per heavy atom. The fourth-order valence-corrected chi connectivity index (χ4v) is 5.01. The molecule has 2 amide bonds. The molecule has 1 N–H and O–H groups in total. The van der Waals surface area contributed by atoms with Gasteiger partial charge in [0.25, 0.3) is 5.91 Å². The number of nitrogens with zero attached hydrogens (tertiary/aromatic N) is 2. The van der Waals surface area contributed by atoms with E-state index in [1.807, 2.05) is 25.1 Å². The van der Waals surface area contributed by atoms with Crippen molar-refractivity contribution in [3.05, 3.63) is 82.3 Å². The number of hydrogen-bond donors (Lipinski definition) is 1. The molecule has 174 valence electrons. The van der Waals surface area contributed by atoms with E-state index in [2.05, 4.69) is 0 Å². The Labute approximate surface area is 206 Å². The molecule has 5 rings (SSSR count). The third kappa shape index (κ3) is 3.57. The molecule has 2 aliphatic rings. The number of benzene rings is 3. The molecule has 3 atom stereocenters. The maximum absolute atomic E-state index is 13.8. The lowest BCUT2D eigenvalue weighted by atomic mass is 9.90. The maximum atomic E-state index is 13.8. The van der Waals surface area contributed by atoms with Crippen molar-refractivity contribution in [3.63, 3.8) is 0 Å². The van der Waals surface area contributed by atoms with Crippen LogP contribution >= 0.6 is 23.2 Å². The summed E-state index contributed by atoms with van der Waals surface area (Å²) in [7, 11) is 0. The molecule has 34 heavy (non-hydrogen) atoms. The van der Waals surface area contributed by atoms with Crippen LogP contribution in [0.25, 0.3) is 0 Å². The number of carbonyl (C=O) groups excluding carboxylic acids is 2. The molecular weight excluding hydrogens is 479 g/mol. The van der Waals surface area contributed by atoms with Gasteiger partial charge in [0.2, 0.25) is 5.91 Å². The van der Waals surface area contributed by atoms with Gasteiger partial charge in [-0.3, -0.25) is 14.4 Å². The molecule has 3 aromatic rings. The van der Waals surface area contributed by atoms with E-state index in [0.29, 0.717) is 23.7 Å². The Hall–Kier alpha value is -3.26. The van der Waals surface area contributed by atoms with Crippen LogP contribution in [-0.2, 0) is 14.4 Å². The van der Waals surface area contributed by atoms with Crippen LogP contribution in [0.15, 0.2) is 66.7 Å². The van der Waals surface area contributed by atoms with Crippen LogP contribution < -0.4 is 14.7 Å². The summed E-state index contributed by atoms with van der Waals surface area (Å²) >= 11 is 12.5. The van der Waals surface area contributed by atoms with Crippen LogP contribution in [0.5, 0.6) is 11.5 Å². The minimum atomic E-state index is -1.11. The number of carbonyl (C=O) groups is 2. The number of imide groups is 1. The van der Waals surface area contributed by atoms with Crippen LogP contribution in [0.4, 0.5) is 11.4 Å². The number of fused-ring (bicyclic) bond motifs is 1. The molecule has 2 aliphatic heterocycles. The number of hydroxylamine groups is 1. The summed E-state index contributed by atoms with van der Waals surface area (Å²) in [4.78, 5) is 34.5. The third-order valence-electron chi connectivity index (χ3n) is 5.91. The predicted octanol–water partition coefficient (Wildman–Crippen LogP) is 5.15. The summed E-state index contributed by atoms with van der Waals surface area (Å²) in [6.45, 7) is 2.19. The van der Waals surface area contributed by atoms with E-state index in [1.165, 1.54) is 17.2 Å². The molecule has 0 aliphatic carbocycles. The Morgan fingerprint density at radius 3 is 2.44 bits per heavy atom. The molecule has 2 saturated heterocycles. The molecule has 2 fully saturated rings. The molecule has 3 aromatic carbocycles. The van der Waals surface area contributed by atoms with Crippen LogP contribution in [0.1, 0.15) is 18.5 Å². The lowest BCUT2D eigenvalue weighted by Gasteiger charge is -2.29. The van der Waals surface area contributed by atoms with Crippen LogP contribution in [0.3, 0.4) is 0 Å². The van der Waals surface area contributed by atoms with Gasteiger partial charge in [-0.15, -0.1) is 0 Å². The van der Waals surface area contributed by atoms with E-state index in [-0.39, 0.29) is 21.4 Å². The fraction of sp³-hybridized carbons (Fsp3) is 0.200. The lowest BCUT2D eigenvalue weighted by Crippen LogP contribution is -2.37. The van der Waals surface area contributed by atoms with Gasteiger partial charge in [-0.1, -0.05) is 53.5 Å². The fourth-order valence-electron chi connectivity index (χ4n) is 4.50. The van der Waals surface area contributed by atoms with E-state index >= 15 is 0 Å². The zero-order valence-corrected chi connectivity index (χ0v) is 19.5. The highest BCUT2D eigenvalue weighted by Gasteiger charge is 2.61. The van der Waals surface area contributed by atoms with Crippen molar-refractivity contribution in [3.8, 4) is 11.5 Å². The standard InChI is InChI=1S/C25H20Cl2N2O5/c1-2-33-19-11-7-6-10-18(19)28-24(31)20-21(16-12-14(26)13-17(27)22(16)30)29(34-23(20)25(28)32)15-8-4-3-5-9-15/h3-13,20-21,23,30H,2H2,1H3/t20-,21-,23-/m0/s1. The van der Waals surface area contributed by atoms with Crippen molar-refractivity contribution in [2.75, 3.05) is 16.6 Å². The topological polar surface area (TPSA) is 79.3 Å². The Balaban J connectivity index is 1.64. The second-order valence-electron chi connectivity index (χ2n) is 7.90. The Kier molecular flexibility index (Phi) is 5.85. The van der Waals surface area contributed by atoms with Gasteiger partial charge in [0, 0.05) is 10.6 Å². The molecule has 2 heterocycles. The van der Waals surface area contributed by atoms with E-state index < -0.39 is 29.9 Å². The zero-order valence-electron chi connectivity index (χ0n) is 18.0. The quantitative estimate of drug-likeness (QED) is 0.490. The third-order valence-corrected chi connectivity index (χ3v) is 6.41. The molecule has 0 aromatic heterocycles. The van der Waals surface area contributed by atoms with E-state index in [0.717, 1.165) is 4.90 Å². The highest BCUT2D eigenvalue weighted by Crippen LogP contribution is 2.51. The van der Waals surface area contributed by atoms with Gasteiger partial charge in [-0.05, 0) is 43.3 Å². The van der Waals surface area contributed by atoms with Gasteiger partial charge in [0.05, 0.1) is 29.0 Å². The normalized spacial score (nSPS) is 21.8. The van der Waals surface area contributed by atoms with Crippen LogP contribution in [0, 0.1) is 5.92 Å². The van der Waals surface area contributed by atoms with Crippen molar-refractivity contribution in [2.24, 2.45) is 5.92 Å². The van der Waals surface area contributed by atoms with Gasteiger partial charge in [-0.25, -0.2) is 9.96 Å². The monoisotopic (exact) mass is 498 g/mol. The van der Waals surface area contributed by atoms with Crippen molar-refractivity contribution >= 4 is 46.4 Å². The first-order chi connectivity index (χ1) is 16.4. The molecule has 0 spiro atoms. The predicted molar refractivity (Wildman–Crippen MR) is 128 cm³/mol. The SMILES string of the molecule is CCOc1ccccc1N1C(=O)[C@@H]2[C@H](ON(c3ccccc3)[C@H]2c2cc(Cl)cc(Cl)c2O)C1=O.